The maximum Gasteiger partial charge on any atom is 0.407 e. The van der Waals surface area contributed by atoms with Crippen LogP contribution in [0.4, 0.5) is 10.5 Å². The van der Waals surface area contributed by atoms with Crippen molar-refractivity contribution >= 4 is 58.6 Å². The number of carbonyl (C=O) groups is 7. The predicted octanol–water partition coefficient (Wildman–Crippen LogP) is 8.52. The number of nitrogens with two attached hydrogens (primary N) is 1. The summed E-state index contributed by atoms with van der Waals surface area (Å²) < 4.78 is 5.86. The second-order valence-corrected chi connectivity index (χ2v) is 25.3. The summed E-state index contributed by atoms with van der Waals surface area (Å²) in [6, 6.07) is 34.1. The summed E-state index contributed by atoms with van der Waals surface area (Å²) in [7, 11) is 0. The zero-order valence-corrected chi connectivity index (χ0v) is 50.3. The number of hydrogen-bond donors (Lipinski definition) is 6. The molecular weight excluding hydrogens is 1100 g/mol. The Kier molecular flexibility index (Phi) is 19.1. The van der Waals surface area contributed by atoms with Gasteiger partial charge < -0.3 is 41.7 Å². The second-order valence-electron chi connectivity index (χ2n) is 24.5. The maximum absolute atomic E-state index is 14.6. The van der Waals surface area contributed by atoms with Crippen molar-refractivity contribution in [2.24, 2.45) is 11.1 Å². The van der Waals surface area contributed by atoms with Gasteiger partial charge in [0.2, 0.25) is 35.4 Å². The van der Waals surface area contributed by atoms with E-state index in [2.05, 4.69) is 50.5 Å². The van der Waals surface area contributed by atoms with Crippen LogP contribution in [0.5, 0.6) is 0 Å². The van der Waals surface area contributed by atoms with Crippen molar-refractivity contribution in [3.05, 3.63) is 165 Å². The summed E-state index contributed by atoms with van der Waals surface area (Å²) >= 11 is 1.57. The van der Waals surface area contributed by atoms with Crippen molar-refractivity contribution in [3.8, 4) is 21.6 Å². The van der Waals surface area contributed by atoms with E-state index in [4.69, 9.17) is 10.5 Å². The Morgan fingerprint density at radius 3 is 2.17 bits per heavy atom. The SMILES string of the molecule is Cc1ncsc1-c1ccc(CNC(=O)[C@@H]2C[C@@H](O)CN2C(=O)[C@@H](NC(=O)CCCCCc2cccc(CC[C@H](CCC(N)=O)NC(=O)[C@@H]3Cc4cccc5c4N3C(=O)[C@@H](NC(=O)OCC3c4ccccc4-c4ccccc43)CC5)c2)C(C)(C)C)cc1. The van der Waals surface area contributed by atoms with E-state index in [0.717, 1.165) is 85.5 Å². The number of para-hydroxylation sites is 1. The number of amides is 7. The lowest BCUT2D eigenvalue weighted by Crippen LogP contribution is -2.57. The van der Waals surface area contributed by atoms with Gasteiger partial charge in [-0.1, -0.05) is 142 Å². The van der Waals surface area contributed by atoms with Crippen molar-refractivity contribution in [3.63, 3.8) is 0 Å². The molecule has 7 amide bonds. The molecule has 0 radical (unpaired) electrons. The van der Waals surface area contributed by atoms with Crippen LogP contribution in [-0.4, -0.2) is 106 Å². The summed E-state index contributed by atoms with van der Waals surface area (Å²) in [4.78, 5) is 104. The molecule has 3 aliphatic heterocycles. The van der Waals surface area contributed by atoms with Gasteiger partial charge in [-0.15, -0.1) is 11.3 Å². The quantitative estimate of drug-likeness (QED) is 0.0334. The van der Waals surface area contributed by atoms with Gasteiger partial charge in [-0.2, -0.15) is 0 Å². The molecule has 18 heteroatoms. The third-order valence-corrected chi connectivity index (χ3v) is 18.3. The number of unbranched alkanes of at least 4 members (excludes halogenated alkanes) is 2. The number of aliphatic hydroxyl groups is 1. The van der Waals surface area contributed by atoms with E-state index in [-0.39, 0.29) is 68.5 Å². The number of aliphatic hydroxyl groups excluding tert-OH is 1. The summed E-state index contributed by atoms with van der Waals surface area (Å²) in [5.74, 6) is -2.39. The lowest BCUT2D eigenvalue weighted by molar-refractivity contribution is -0.144. The molecule has 1 aliphatic carbocycles. The average Bonchev–Trinajstić information content (AvgIpc) is 1.86. The molecular formula is C68H78N8O9S. The fraction of sp³-hybridized carbons (Fsp3) is 0.412. The van der Waals surface area contributed by atoms with Crippen LogP contribution < -0.4 is 31.9 Å². The number of fused-ring (bicyclic) bond motifs is 3. The molecule has 10 rings (SSSR count). The molecule has 4 aliphatic rings. The molecule has 4 heterocycles. The van der Waals surface area contributed by atoms with E-state index in [1.54, 1.807) is 16.2 Å². The molecule has 450 valence electrons. The van der Waals surface area contributed by atoms with Crippen molar-refractivity contribution in [2.75, 3.05) is 18.1 Å². The van der Waals surface area contributed by atoms with E-state index in [1.807, 2.05) is 124 Å². The topological polar surface area (TPSA) is 242 Å². The van der Waals surface area contributed by atoms with Gasteiger partial charge in [0.15, 0.2) is 0 Å². The summed E-state index contributed by atoms with van der Waals surface area (Å²) in [5.41, 5.74) is 18.7. The number of nitrogens with zero attached hydrogens (tertiary/aromatic N) is 3. The Bertz CT molecular complexity index is 3440. The molecule has 0 saturated carbocycles. The first-order valence-electron chi connectivity index (χ1n) is 30.2. The summed E-state index contributed by atoms with van der Waals surface area (Å²) in [5, 5.41) is 22.7. The summed E-state index contributed by atoms with van der Waals surface area (Å²) in [6.45, 7) is 7.92. The highest BCUT2D eigenvalue weighted by molar-refractivity contribution is 7.13. The fourth-order valence-electron chi connectivity index (χ4n) is 12.7. The Hall–Kier alpha value is -8.22. The first-order valence-corrected chi connectivity index (χ1v) is 31.0. The van der Waals surface area contributed by atoms with Crippen LogP contribution in [0, 0.1) is 12.3 Å². The highest BCUT2D eigenvalue weighted by Crippen LogP contribution is 2.45. The molecule has 6 atom stereocenters. The molecule has 17 nitrogen and oxygen atoms in total. The monoisotopic (exact) mass is 1180 g/mol. The number of benzene rings is 5. The van der Waals surface area contributed by atoms with Gasteiger partial charge in [0.25, 0.3) is 0 Å². The van der Waals surface area contributed by atoms with Crippen LogP contribution in [0.3, 0.4) is 0 Å². The molecule has 6 aromatic rings. The molecule has 1 saturated heterocycles. The predicted molar refractivity (Wildman–Crippen MR) is 331 cm³/mol. The highest BCUT2D eigenvalue weighted by atomic mass is 32.1. The number of rotatable bonds is 23. The number of thiazole rings is 1. The smallest absolute Gasteiger partial charge is 0.407 e. The van der Waals surface area contributed by atoms with Gasteiger partial charge in [-0.3, -0.25) is 33.7 Å². The van der Waals surface area contributed by atoms with Gasteiger partial charge in [-0.25, -0.2) is 9.78 Å². The van der Waals surface area contributed by atoms with Crippen LogP contribution in [0.25, 0.3) is 21.6 Å². The Labute approximate surface area is 506 Å². The minimum absolute atomic E-state index is 0.00893. The Morgan fingerprint density at radius 2 is 1.48 bits per heavy atom. The number of nitrogens with one attached hydrogen (secondary N) is 4. The highest BCUT2D eigenvalue weighted by Gasteiger charge is 2.46. The number of alkyl carbamates (subject to hydrolysis) is 1. The number of anilines is 1. The number of likely N-dealkylation sites (tertiary alicyclic amines) is 1. The number of aryl methyl sites for hydroxylation is 4. The third kappa shape index (κ3) is 14.2. The number of aromatic nitrogens is 1. The van der Waals surface area contributed by atoms with Crippen molar-refractivity contribution in [1.29, 1.82) is 0 Å². The summed E-state index contributed by atoms with van der Waals surface area (Å²) in [6.07, 6.45) is 4.30. The van der Waals surface area contributed by atoms with Gasteiger partial charge >= 0.3 is 6.09 Å². The standard InChI is InChI=1S/C68H78N8O9S/c1-41-61(86-40-71-41)46-27-24-44(25-28-46)37-70-63(80)56-36-49(77)38-75(56)66(83)62(68(2,3)4)74-59(79)23-7-5-6-14-42-15-12-16-43(34-42)26-30-48(31-33-58(69)78)72-64(81)57-35-47-18-13-17-45-29-32-55(65(82)76(57)60(45)47)73-67(84)85-39-54-52-21-10-8-19-50(52)51-20-9-11-22-53(51)54/h8-13,15-22,24-25,27-28,34,40,48-49,54-57,62,77H,5-7,14,23,26,29-33,35-39H2,1-4H3,(H2,69,78)(H,70,80)(H,72,81)(H,73,84)(H,74,79)/t48-,49-,55+,56+,57+,62-/m1/s1. The van der Waals surface area contributed by atoms with Crippen molar-refractivity contribution in [2.45, 2.75) is 160 Å². The number of ether oxygens (including phenoxy) is 1. The van der Waals surface area contributed by atoms with Gasteiger partial charge in [0.05, 0.1) is 27.9 Å². The minimum Gasteiger partial charge on any atom is -0.449 e. The number of primary amides is 1. The Morgan fingerprint density at radius 1 is 0.779 bits per heavy atom. The van der Waals surface area contributed by atoms with E-state index < -0.39 is 59.6 Å². The molecule has 7 N–H and O–H groups in total. The second kappa shape index (κ2) is 27.0. The van der Waals surface area contributed by atoms with Crippen LogP contribution >= 0.6 is 11.3 Å². The lowest BCUT2D eigenvalue weighted by atomic mass is 9.85. The first kappa shape index (κ1) is 60.9. The largest absolute Gasteiger partial charge is 0.449 e. The van der Waals surface area contributed by atoms with Crippen LogP contribution in [0.2, 0.25) is 0 Å². The van der Waals surface area contributed by atoms with Gasteiger partial charge in [0.1, 0.15) is 30.8 Å². The van der Waals surface area contributed by atoms with E-state index in [9.17, 15) is 38.7 Å². The van der Waals surface area contributed by atoms with Crippen LogP contribution in [0.1, 0.15) is 129 Å². The molecule has 1 fully saturated rings. The van der Waals surface area contributed by atoms with E-state index >= 15 is 0 Å². The van der Waals surface area contributed by atoms with Crippen LogP contribution in [-0.2, 0) is 65.7 Å². The van der Waals surface area contributed by atoms with Gasteiger partial charge in [0, 0.05) is 50.7 Å². The Balaban J connectivity index is 0.690. The molecule has 86 heavy (non-hydrogen) atoms. The molecule has 0 unspecified atom stereocenters. The van der Waals surface area contributed by atoms with E-state index in [0.29, 0.717) is 50.6 Å². The van der Waals surface area contributed by atoms with Crippen molar-refractivity contribution in [1.82, 2.24) is 31.2 Å². The third-order valence-electron chi connectivity index (χ3n) is 17.3. The maximum atomic E-state index is 14.6. The fourth-order valence-corrected chi connectivity index (χ4v) is 13.6. The molecule has 0 spiro atoms. The number of hydrogen-bond acceptors (Lipinski definition) is 11. The van der Waals surface area contributed by atoms with Gasteiger partial charge in [-0.05, 0) is 119 Å². The number of carbonyl (C=O) groups excluding carboxylic acids is 7. The zero-order valence-electron chi connectivity index (χ0n) is 49.4. The normalized spacial score (nSPS) is 18.5. The molecule has 0 bridgehead atoms. The van der Waals surface area contributed by atoms with Crippen molar-refractivity contribution < 1.29 is 43.4 Å². The van der Waals surface area contributed by atoms with E-state index in [1.165, 1.54) is 4.90 Å². The number of β-amino-alcohol motifs (C(OH)–C–C–N with tert-alkyl or cyclic N) is 1. The molecule has 1 aromatic heterocycles. The minimum atomic E-state index is -0.935. The van der Waals surface area contributed by atoms with Crippen LogP contribution in [0.15, 0.2) is 121 Å². The average molecular weight is 1180 g/mol. The first-order chi connectivity index (χ1) is 41.4. The lowest BCUT2D eigenvalue weighted by Gasteiger charge is -2.35. The molecule has 5 aromatic carbocycles. The zero-order chi connectivity index (χ0) is 60.6.